The van der Waals surface area contributed by atoms with Gasteiger partial charge in [0, 0.05) is 12.0 Å². The Morgan fingerprint density at radius 3 is 2.80 bits per heavy atom. The Balaban J connectivity index is 1.66. The molecule has 4 N–H and O–H groups in total. The van der Waals surface area contributed by atoms with E-state index in [1.54, 1.807) is 0 Å². The van der Waals surface area contributed by atoms with Gasteiger partial charge >= 0.3 is 0 Å². The van der Waals surface area contributed by atoms with E-state index in [0.717, 1.165) is 36.7 Å². The summed E-state index contributed by atoms with van der Waals surface area (Å²) in [6.07, 6.45) is 5.69. The lowest BCUT2D eigenvalue weighted by Gasteiger charge is -2.32. The van der Waals surface area contributed by atoms with Crippen molar-refractivity contribution in [1.29, 1.82) is 0 Å². The van der Waals surface area contributed by atoms with Crippen LogP contribution in [0.25, 0.3) is 11.0 Å². The van der Waals surface area contributed by atoms with E-state index in [1.807, 2.05) is 24.3 Å². The molecule has 3 rings (SSSR count). The summed E-state index contributed by atoms with van der Waals surface area (Å²) in [5.74, 6) is 0.434. The third kappa shape index (κ3) is 2.82. The number of nitrogens with two attached hydrogens (primary N) is 1. The lowest BCUT2D eigenvalue weighted by molar-refractivity contribution is -0.117. The molecule has 1 aliphatic rings. The highest BCUT2D eigenvalue weighted by Gasteiger charge is 2.30. The van der Waals surface area contributed by atoms with Crippen LogP contribution >= 0.6 is 0 Å². The molecule has 0 unspecified atom stereocenters. The normalized spacial score (nSPS) is 18.1. The monoisotopic (exact) mass is 272 g/mol. The summed E-state index contributed by atoms with van der Waals surface area (Å²) in [7, 11) is 0. The summed E-state index contributed by atoms with van der Waals surface area (Å²) >= 11 is 0. The maximum atomic E-state index is 12.1. The van der Waals surface area contributed by atoms with Crippen LogP contribution in [-0.4, -0.2) is 21.4 Å². The van der Waals surface area contributed by atoms with Crippen molar-refractivity contribution in [1.82, 2.24) is 9.97 Å². The molecular formula is C15H20N4O. The van der Waals surface area contributed by atoms with Crippen LogP contribution in [0.1, 0.15) is 38.5 Å². The number of para-hydroxylation sites is 2. The molecule has 5 nitrogen and oxygen atoms in total. The van der Waals surface area contributed by atoms with Crippen molar-refractivity contribution in [2.24, 2.45) is 5.73 Å². The Morgan fingerprint density at radius 1 is 1.30 bits per heavy atom. The zero-order chi connectivity index (χ0) is 14.0. The molecule has 2 aromatic rings. The molecule has 0 bridgehead atoms. The molecule has 1 fully saturated rings. The van der Waals surface area contributed by atoms with Crippen LogP contribution in [0, 0.1) is 0 Å². The van der Waals surface area contributed by atoms with Gasteiger partial charge < -0.3 is 10.7 Å². The fraction of sp³-hybridized carbons (Fsp3) is 0.467. The molecule has 0 atom stereocenters. The van der Waals surface area contributed by atoms with Crippen LogP contribution in [0.2, 0.25) is 0 Å². The predicted molar refractivity (Wildman–Crippen MR) is 79.3 cm³/mol. The number of rotatable bonds is 3. The second kappa shape index (κ2) is 5.25. The van der Waals surface area contributed by atoms with Crippen LogP contribution < -0.4 is 11.1 Å². The lowest BCUT2D eigenvalue weighted by Crippen LogP contribution is -2.44. The second-order valence-corrected chi connectivity index (χ2v) is 5.75. The van der Waals surface area contributed by atoms with Crippen molar-refractivity contribution in [3.63, 3.8) is 0 Å². The summed E-state index contributed by atoms with van der Waals surface area (Å²) < 4.78 is 0. The van der Waals surface area contributed by atoms with E-state index in [1.165, 1.54) is 6.42 Å². The first-order valence-corrected chi connectivity index (χ1v) is 7.18. The number of aromatic amines is 1. The quantitative estimate of drug-likeness (QED) is 0.802. The van der Waals surface area contributed by atoms with Gasteiger partial charge in [-0.1, -0.05) is 31.4 Å². The average molecular weight is 272 g/mol. The van der Waals surface area contributed by atoms with Crippen LogP contribution in [-0.2, 0) is 4.79 Å². The number of carbonyl (C=O) groups is 1. The molecule has 0 saturated heterocycles. The van der Waals surface area contributed by atoms with Gasteiger partial charge in [-0.3, -0.25) is 10.1 Å². The minimum atomic E-state index is -0.339. The number of carbonyl (C=O) groups excluding carboxylic acids is 1. The number of fused-ring (bicyclic) bond motifs is 1. The molecule has 5 heteroatoms. The van der Waals surface area contributed by atoms with Crippen LogP contribution in [0.5, 0.6) is 0 Å². The van der Waals surface area contributed by atoms with E-state index in [9.17, 15) is 4.79 Å². The minimum Gasteiger partial charge on any atom is -0.325 e. The topological polar surface area (TPSA) is 83.8 Å². The Labute approximate surface area is 118 Å². The molecule has 1 heterocycles. The molecule has 1 aromatic heterocycles. The highest BCUT2D eigenvalue weighted by Crippen LogP contribution is 2.28. The fourth-order valence-electron chi connectivity index (χ4n) is 2.94. The molecule has 0 spiro atoms. The smallest absolute Gasteiger partial charge is 0.228 e. The van der Waals surface area contributed by atoms with Gasteiger partial charge in [-0.05, 0) is 25.0 Å². The molecule has 1 saturated carbocycles. The Bertz CT molecular complexity index is 580. The third-order valence-electron chi connectivity index (χ3n) is 4.01. The van der Waals surface area contributed by atoms with E-state index >= 15 is 0 Å². The lowest BCUT2D eigenvalue weighted by atomic mass is 9.80. The van der Waals surface area contributed by atoms with Gasteiger partial charge in [0.05, 0.1) is 11.0 Å². The van der Waals surface area contributed by atoms with E-state index in [2.05, 4.69) is 15.3 Å². The number of hydrogen-bond donors (Lipinski definition) is 3. The number of nitrogens with one attached hydrogen (secondary N) is 2. The fourth-order valence-corrected chi connectivity index (χ4v) is 2.94. The standard InChI is InChI=1S/C15H20N4O/c16-15(8-4-1-5-9-15)10-13(20)19-14-17-11-6-2-3-7-12(11)18-14/h2-3,6-7H,1,4-5,8-10,16H2,(H2,17,18,19,20). The molecule has 1 aliphatic carbocycles. The van der Waals surface area contributed by atoms with E-state index in [-0.39, 0.29) is 11.4 Å². The molecule has 1 amide bonds. The summed E-state index contributed by atoms with van der Waals surface area (Å²) in [5, 5.41) is 2.82. The number of amides is 1. The number of hydrogen-bond acceptors (Lipinski definition) is 3. The maximum absolute atomic E-state index is 12.1. The Hall–Kier alpha value is -1.88. The Morgan fingerprint density at radius 2 is 2.05 bits per heavy atom. The number of imidazole rings is 1. The van der Waals surface area contributed by atoms with Gasteiger partial charge in [0.15, 0.2) is 0 Å². The van der Waals surface area contributed by atoms with Crippen LogP contribution in [0.4, 0.5) is 5.95 Å². The number of anilines is 1. The average Bonchev–Trinajstić information content (AvgIpc) is 2.80. The first-order chi connectivity index (χ1) is 9.65. The van der Waals surface area contributed by atoms with Crippen molar-refractivity contribution < 1.29 is 4.79 Å². The SMILES string of the molecule is NC1(CC(=O)Nc2nc3ccccc3[nH]2)CCCCC1. The maximum Gasteiger partial charge on any atom is 0.228 e. The van der Waals surface area contributed by atoms with Gasteiger partial charge in [0.25, 0.3) is 0 Å². The number of nitrogens with zero attached hydrogens (tertiary/aromatic N) is 1. The molecule has 1 aromatic carbocycles. The largest absolute Gasteiger partial charge is 0.325 e. The van der Waals surface area contributed by atoms with Gasteiger partial charge in [-0.2, -0.15) is 0 Å². The van der Waals surface area contributed by atoms with E-state index < -0.39 is 0 Å². The van der Waals surface area contributed by atoms with Crippen LogP contribution in [0.15, 0.2) is 24.3 Å². The Kier molecular flexibility index (Phi) is 3.44. The number of aromatic nitrogens is 2. The highest BCUT2D eigenvalue weighted by molar-refractivity contribution is 5.91. The second-order valence-electron chi connectivity index (χ2n) is 5.75. The van der Waals surface area contributed by atoms with E-state index in [4.69, 9.17) is 5.73 Å². The van der Waals surface area contributed by atoms with Crippen molar-refractivity contribution >= 4 is 22.9 Å². The molecule has 20 heavy (non-hydrogen) atoms. The van der Waals surface area contributed by atoms with Crippen LogP contribution in [0.3, 0.4) is 0 Å². The summed E-state index contributed by atoms with van der Waals surface area (Å²) in [4.78, 5) is 19.5. The minimum absolute atomic E-state index is 0.0616. The number of benzene rings is 1. The molecular weight excluding hydrogens is 252 g/mol. The summed E-state index contributed by atoms with van der Waals surface area (Å²) in [6.45, 7) is 0. The molecule has 0 radical (unpaired) electrons. The third-order valence-corrected chi connectivity index (χ3v) is 4.01. The summed E-state index contributed by atoms with van der Waals surface area (Å²) in [5.41, 5.74) is 7.73. The van der Waals surface area contributed by atoms with Crippen molar-refractivity contribution in [3.05, 3.63) is 24.3 Å². The first-order valence-electron chi connectivity index (χ1n) is 7.18. The molecule has 0 aliphatic heterocycles. The van der Waals surface area contributed by atoms with Gasteiger partial charge in [-0.15, -0.1) is 0 Å². The zero-order valence-corrected chi connectivity index (χ0v) is 11.5. The van der Waals surface area contributed by atoms with Gasteiger partial charge in [-0.25, -0.2) is 4.98 Å². The van der Waals surface area contributed by atoms with Gasteiger partial charge in [0.2, 0.25) is 11.9 Å². The van der Waals surface area contributed by atoms with Crippen molar-refractivity contribution in [3.8, 4) is 0 Å². The zero-order valence-electron chi connectivity index (χ0n) is 11.5. The predicted octanol–water partition coefficient (Wildman–Crippen LogP) is 2.55. The first kappa shape index (κ1) is 13.1. The number of H-pyrrole nitrogens is 1. The molecule has 106 valence electrons. The van der Waals surface area contributed by atoms with Crippen molar-refractivity contribution in [2.45, 2.75) is 44.1 Å². The van der Waals surface area contributed by atoms with E-state index in [0.29, 0.717) is 12.4 Å². The van der Waals surface area contributed by atoms with Crippen molar-refractivity contribution in [2.75, 3.05) is 5.32 Å². The highest BCUT2D eigenvalue weighted by atomic mass is 16.1. The van der Waals surface area contributed by atoms with Gasteiger partial charge in [0.1, 0.15) is 0 Å². The summed E-state index contributed by atoms with van der Waals surface area (Å²) in [6, 6.07) is 7.70.